The van der Waals surface area contributed by atoms with E-state index in [4.69, 9.17) is 14.1 Å². The van der Waals surface area contributed by atoms with Crippen LogP contribution in [0.4, 0.5) is 0 Å². The molecule has 4 rings (SSSR count). The summed E-state index contributed by atoms with van der Waals surface area (Å²) >= 11 is 0. The summed E-state index contributed by atoms with van der Waals surface area (Å²) in [4.78, 5) is 17.7. The second-order valence-corrected chi connectivity index (χ2v) is 7.33. The zero-order chi connectivity index (χ0) is 22.3. The van der Waals surface area contributed by atoms with Crippen molar-refractivity contribution in [3.05, 3.63) is 90.4 Å². The number of amides is 1. The first kappa shape index (κ1) is 21.1. The third kappa shape index (κ3) is 4.92. The highest BCUT2D eigenvalue weighted by molar-refractivity contribution is 6.07. The molecule has 2 heterocycles. The molecule has 0 aliphatic rings. The number of hydrazone groups is 1. The quantitative estimate of drug-likeness (QED) is 0.304. The molecule has 32 heavy (non-hydrogen) atoms. The van der Waals surface area contributed by atoms with E-state index in [1.165, 1.54) is 6.21 Å². The van der Waals surface area contributed by atoms with Crippen LogP contribution in [0.15, 0.2) is 88.6 Å². The van der Waals surface area contributed by atoms with E-state index in [9.17, 15) is 4.79 Å². The maximum absolute atomic E-state index is 13.0. The Balaban J connectivity index is 1.65. The molecule has 4 aromatic rings. The lowest BCUT2D eigenvalue weighted by molar-refractivity contribution is 0.0956. The van der Waals surface area contributed by atoms with Gasteiger partial charge in [-0.05, 0) is 62.4 Å². The van der Waals surface area contributed by atoms with Crippen molar-refractivity contribution in [3.8, 4) is 17.0 Å². The van der Waals surface area contributed by atoms with Crippen molar-refractivity contribution >= 4 is 29.1 Å². The van der Waals surface area contributed by atoms with Gasteiger partial charge in [0.1, 0.15) is 11.5 Å². The molecule has 0 radical (unpaired) electrons. The van der Waals surface area contributed by atoms with Crippen LogP contribution in [0.1, 0.15) is 30.0 Å². The van der Waals surface area contributed by atoms with Crippen LogP contribution in [0.2, 0.25) is 0 Å². The first-order valence-electron chi connectivity index (χ1n) is 10.3. The van der Waals surface area contributed by atoms with Gasteiger partial charge in [-0.2, -0.15) is 5.10 Å². The van der Waals surface area contributed by atoms with Gasteiger partial charge in [0.05, 0.1) is 29.1 Å². The van der Waals surface area contributed by atoms with E-state index < -0.39 is 0 Å². The van der Waals surface area contributed by atoms with Crippen molar-refractivity contribution in [2.45, 2.75) is 20.0 Å². The number of carbonyl (C=O) groups is 1. The molecule has 1 N–H and O–H groups in total. The number of furan rings is 1. The van der Waals surface area contributed by atoms with Crippen LogP contribution in [-0.4, -0.2) is 23.2 Å². The lowest BCUT2D eigenvalue weighted by Crippen LogP contribution is -2.18. The van der Waals surface area contributed by atoms with Gasteiger partial charge in [0.25, 0.3) is 5.91 Å². The standard InChI is InChI=1S/C26H23N3O3/c1-18(2)32-25-14-6-4-12-21(25)24-17-22(20-11-3-5-13-23(20)28-24)26(30)29-27-15-7-9-19-10-8-16-31-19/h3-18H,1-2H3,(H,29,30)/b9-7+,27-15?. The van der Waals surface area contributed by atoms with Crippen LogP contribution in [0.25, 0.3) is 28.2 Å². The Hall–Kier alpha value is -4.19. The lowest BCUT2D eigenvalue weighted by atomic mass is 10.0. The highest BCUT2D eigenvalue weighted by Crippen LogP contribution is 2.32. The maximum Gasteiger partial charge on any atom is 0.272 e. The summed E-state index contributed by atoms with van der Waals surface area (Å²) in [7, 11) is 0. The van der Waals surface area contributed by atoms with Gasteiger partial charge < -0.3 is 9.15 Å². The number of ether oxygens (including phenoxy) is 1. The fourth-order valence-corrected chi connectivity index (χ4v) is 3.26. The molecule has 0 saturated carbocycles. The molecule has 0 atom stereocenters. The van der Waals surface area contributed by atoms with Crippen molar-refractivity contribution in [1.82, 2.24) is 10.4 Å². The smallest absolute Gasteiger partial charge is 0.272 e. The molecule has 0 aliphatic heterocycles. The first-order valence-corrected chi connectivity index (χ1v) is 10.3. The predicted octanol–water partition coefficient (Wildman–Crippen LogP) is 5.71. The maximum atomic E-state index is 13.0. The summed E-state index contributed by atoms with van der Waals surface area (Å²) in [6.07, 6.45) is 6.55. The molecule has 0 aliphatic carbocycles. The molecule has 6 nitrogen and oxygen atoms in total. The largest absolute Gasteiger partial charge is 0.490 e. The molecule has 1 amide bonds. The minimum absolute atomic E-state index is 0.0166. The highest BCUT2D eigenvalue weighted by Gasteiger charge is 2.16. The summed E-state index contributed by atoms with van der Waals surface area (Å²) in [5.41, 5.74) is 5.27. The van der Waals surface area contributed by atoms with Crippen LogP contribution in [0.3, 0.4) is 0 Å². The summed E-state index contributed by atoms with van der Waals surface area (Å²) in [6, 6.07) is 20.6. The summed E-state index contributed by atoms with van der Waals surface area (Å²) in [6.45, 7) is 3.95. The van der Waals surface area contributed by atoms with Gasteiger partial charge in [-0.15, -0.1) is 0 Å². The third-order valence-electron chi connectivity index (χ3n) is 4.62. The molecule has 0 bridgehead atoms. The average molecular weight is 425 g/mol. The van der Waals surface area contributed by atoms with Crippen LogP contribution in [0, 0.1) is 0 Å². The SMILES string of the molecule is CC(C)Oc1ccccc1-c1cc(C(=O)NN=C/C=C/c2ccco2)c2ccccc2n1. The minimum Gasteiger partial charge on any atom is -0.490 e. The van der Waals surface area contributed by atoms with E-state index >= 15 is 0 Å². The molecule has 0 unspecified atom stereocenters. The molecular weight excluding hydrogens is 402 g/mol. The van der Waals surface area contributed by atoms with Gasteiger partial charge in [-0.3, -0.25) is 4.79 Å². The Morgan fingerprint density at radius 2 is 1.91 bits per heavy atom. The first-order chi connectivity index (χ1) is 15.6. The Morgan fingerprint density at radius 1 is 1.09 bits per heavy atom. The van der Waals surface area contributed by atoms with Gasteiger partial charge >= 0.3 is 0 Å². The summed E-state index contributed by atoms with van der Waals surface area (Å²) in [5.74, 6) is 1.10. The monoisotopic (exact) mass is 425 g/mol. The Labute approximate surface area is 186 Å². The van der Waals surface area contributed by atoms with Crippen molar-refractivity contribution in [3.63, 3.8) is 0 Å². The number of pyridine rings is 1. The fourth-order valence-electron chi connectivity index (χ4n) is 3.26. The van der Waals surface area contributed by atoms with Crippen LogP contribution < -0.4 is 10.2 Å². The van der Waals surface area contributed by atoms with E-state index in [-0.39, 0.29) is 12.0 Å². The van der Waals surface area contributed by atoms with Gasteiger partial charge in [0.2, 0.25) is 0 Å². The van der Waals surface area contributed by atoms with Crippen LogP contribution >= 0.6 is 0 Å². The number of aromatic nitrogens is 1. The van der Waals surface area contributed by atoms with E-state index in [2.05, 4.69) is 10.5 Å². The Bertz CT molecular complexity index is 1270. The zero-order valence-electron chi connectivity index (χ0n) is 17.9. The second-order valence-electron chi connectivity index (χ2n) is 7.33. The molecule has 0 saturated heterocycles. The van der Waals surface area contributed by atoms with Crippen molar-refractivity contribution in [2.75, 3.05) is 0 Å². The van der Waals surface area contributed by atoms with Gasteiger partial charge in [-0.1, -0.05) is 30.3 Å². The van der Waals surface area contributed by atoms with Crippen LogP contribution in [-0.2, 0) is 0 Å². The number of nitrogens with one attached hydrogen (secondary N) is 1. The van der Waals surface area contributed by atoms with Crippen molar-refractivity contribution in [1.29, 1.82) is 0 Å². The molecule has 160 valence electrons. The molecule has 0 spiro atoms. The Morgan fingerprint density at radius 3 is 2.72 bits per heavy atom. The number of rotatable bonds is 7. The van der Waals surface area contributed by atoms with Gasteiger partial charge in [0, 0.05) is 17.2 Å². The summed E-state index contributed by atoms with van der Waals surface area (Å²) < 4.78 is 11.2. The number of fused-ring (bicyclic) bond motifs is 1. The van der Waals surface area contributed by atoms with Crippen LogP contribution in [0.5, 0.6) is 5.75 Å². The lowest BCUT2D eigenvalue weighted by Gasteiger charge is -2.15. The topological polar surface area (TPSA) is 76.7 Å². The van der Waals surface area contributed by atoms with E-state index in [1.54, 1.807) is 30.5 Å². The third-order valence-corrected chi connectivity index (χ3v) is 4.62. The Kier molecular flexibility index (Phi) is 6.41. The average Bonchev–Trinajstić information content (AvgIpc) is 3.31. The number of benzene rings is 2. The molecular formula is C26H23N3O3. The number of para-hydroxylation sites is 2. The number of allylic oxidation sites excluding steroid dienone is 1. The normalized spacial score (nSPS) is 11.6. The van der Waals surface area contributed by atoms with E-state index in [1.807, 2.05) is 68.4 Å². The van der Waals surface area contributed by atoms with E-state index in [0.717, 1.165) is 22.2 Å². The summed E-state index contributed by atoms with van der Waals surface area (Å²) in [5, 5.41) is 4.76. The number of carbonyl (C=O) groups excluding carboxylic acids is 1. The van der Waals surface area contributed by atoms with Crippen molar-refractivity contribution in [2.24, 2.45) is 5.10 Å². The molecule has 2 aromatic heterocycles. The number of nitrogens with zero attached hydrogens (tertiary/aromatic N) is 2. The zero-order valence-corrected chi connectivity index (χ0v) is 17.9. The predicted molar refractivity (Wildman–Crippen MR) is 127 cm³/mol. The van der Waals surface area contributed by atoms with Crippen molar-refractivity contribution < 1.29 is 13.9 Å². The number of hydrogen-bond donors (Lipinski definition) is 1. The molecule has 2 aromatic carbocycles. The van der Waals surface area contributed by atoms with Gasteiger partial charge in [0.15, 0.2) is 0 Å². The fraction of sp³-hybridized carbons (Fsp3) is 0.115. The minimum atomic E-state index is -0.324. The molecule has 6 heteroatoms. The highest BCUT2D eigenvalue weighted by atomic mass is 16.5. The van der Waals surface area contributed by atoms with E-state index in [0.29, 0.717) is 17.0 Å². The molecule has 0 fully saturated rings. The second kappa shape index (κ2) is 9.75. The van der Waals surface area contributed by atoms with Gasteiger partial charge in [-0.25, -0.2) is 10.4 Å². The number of hydrogen-bond acceptors (Lipinski definition) is 5.